The fourth-order valence-corrected chi connectivity index (χ4v) is 1.99. The molecule has 21 heavy (non-hydrogen) atoms. The van der Waals surface area contributed by atoms with Gasteiger partial charge in [0.05, 0.1) is 24.4 Å². The van der Waals surface area contributed by atoms with E-state index < -0.39 is 0 Å². The van der Waals surface area contributed by atoms with Gasteiger partial charge in [-0.3, -0.25) is 4.68 Å². The zero-order chi connectivity index (χ0) is 15.1. The monoisotopic (exact) mass is 287 g/mol. The Morgan fingerprint density at radius 3 is 2.67 bits per heavy atom. The third kappa shape index (κ3) is 4.08. The summed E-state index contributed by atoms with van der Waals surface area (Å²) in [6.07, 6.45) is 2.63. The molecule has 0 aliphatic rings. The Morgan fingerprint density at radius 2 is 2.00 bits per heavy atom. The molecule has 0 amide bonds. The van der Waals surface area contributed by atoms with Crippen molar-refractivity contribution in [2.24, 2.45) is 0 Å². The molecule has 0 aliphatic carbocycles. The smallest absolute Gasteiger partial charge is 0.338 e. The molecule has 1 aromatic heterocycles. The Bertz CT molecular complexity index is 575. The number of aromatic nitrogens is 2. The van der Waals surface area contributed by atoms with Crippen LogP contribution < -0.4 is 5.32 Å². The van der Waals surface area contributed by atoms with Crippen LogP contribution >= 0.6 is 0 Å². The molecule has 0 unspecified atom stereocenters. The maximum Gasteiger partial charge on any atom is 0.338 e. The Morgan fingerprint density at radius 1 is 1.24 bits per heavy atom. The van der Waals surface area contributed by atoms with E-state index in [9.17, 15) is 4.79 Å². The maximum absolute atomic E-state index is 11.7. The van der Waals surface area contributed by atoms with Gasteiger partial charge in [0.1, 0.15) is 0 Å². The predicted octanol–water partition coefficient (Wildman–Crippen LogP) is 3.08. The van der Waals surface area contributed by atoms with Crippen LogP contribution in [-0.4, -0.2) is 22.4 Å². The van der Waals surface area contributed by atoms with Gasteiger partial charge in [0.2, 0.25) is 0 Å². The molecule has 1 aromatic carbocycles. The van der Waals surface area contributed by atoms with Gasteiger partial charge in [-0.05, 0) is 43.7 Å². The molecular formula is C16H21N3O2. The standard InChI is InChI=1S/C16H21N3O2/c1-3-11-21-16(20)13-5-7-14(8-6-13)17-12-15-9-10-18-19(15)4-2/h5-10,17H,3-4,11-12H2,1-2H3. The number of esters is 1. The number of aryl methyl sites for hydroxylation is 1. The normalized spacial score (nSPS) is 10.4. The second-order valence-electron chi connectivity index (χ2n) is 4.71. The topological polar surface area (TPSA) is 56.1 Å². The fourth-order valence-electron chi connectivity index (χ4n) is 1.99. The molecule has 0 bridgehead atoms. The summed E-state index contributed by atoms with van der Waals surface area (Å²) in [5.74, 6) is -0.271. The molecule has 0 fully saturated rings. The number of nitrogens with zero attached hydrogens (tertiary/aromatic N) is 2. The number of hydrogen-bond acceptors (Lipinski definition) is 4. The zero-order valence-electron chi connectivity index (χ0n) is 12.5. The first kappa shape index (κ1) is 15.1. The van der Waals surface area contributed by atoms with E-state index in [1.54, 1.807) is 18.3 Å². The maximum atomic E-state index is 11.7. The first-order chi connectivity index (χ1) is 10.2. The first-order valence-electron chi connectivity index (χ1n) is 7.26. The van der Waals surface area contributed by atoms with E-state index in [0.29, 0.717) is 18.7 Å². The molecule has 2 rings (SSSR count). The van der Waals surface area contributed by atoms with Crippen molar-refractivity contribution in [1.29, 1.82) is 0 Å². The molecule has 0 radical (unpaired) electrons. The van der Waals surface area contributed by atoms with Crippen LogP contribution in [0.4, 0.5) is 5.69 Å². The Balaban J connectivity index is 1.92. The van der Waals surface area contributed by atoms with Gasteiger partial charge in [-0.25, -0.2) is 4.79 Å². The highest BCUT2D eigenvalue weighted by molar-refractivity contribution is 5.89. The minimum absolute atomic E-state index is 0.271. The van der Waals surface area contributed by atoms with Crippen LogP contribution in [0.2, 0.25) is 0 Å². The first-order valence-corrected chi connectivity index (χ1v) is 7.26. The molecule has 5 heteroatoms. The van der Waals surface area contributed by atoms with Crippen LogP contribution in [0, 0.1) is 0 Å². The summed E-state index contributed by atoms with van der Waals surface area (Å²) in [6.45, 7) is 6.05. The van der Waals surface area contributed by atoms with Crippen molar-refractivity contribution in [3.8, 4) is 0 Å². The Kier molecular flexibility index (Phi) is 5.37. The lowest BCUT2D eigenvalue weighted by molar-refractivity contribution is 0.0505. The Hall–Kier alpha value is -2.30. The van der Waals surface area contributed by atoms with Gasteiger partial charge in [-0.1, -0.05) is 6.92 Å². The second-order valence-corrected chi connectivity index (χ2v) is 4.71. The molecule has 112 valence electrons. The Labute approximate surface area is 124 Å². The van der Waals surface area contributed by atoms with E-state index in [-0.39, 0.29) is 5.97 Å². The molecule has 0 saturated heterocycles. The van der Waals surface area contributed by atoms with Crippen molar-refractivity contribution in [2.75, 3.05) is 11.9 Å². The SMILES string of the molecule is CCCOC(=O)c1ccc(NCc2ccnn2CC)cc1. The van der Waals surface area contributed by atoms with Gasteiger partial charge in [-0.2, -0.15) is 5.10 Å². The molecule has 1 heterocycles. The van der Waals surface area contributed by atoms with E-state index in [1.807, 2.05) is 29.8 Å². The van der Waals surface area contributed by atoms with Gasteiger partial charge in [0.25, 0.3) is 0 Å². The summed E-state index contributed by atoms with van der Waals surface area (Å²) in [6, 6.07) is 9.31. The van der Waals surface area contributed by atoms with Crippen LogP contribution in [0.5, 0.6) is 0 Å². The van der Waals surface area contributed by atoms with E-state index >= 15 is 0 Å². The quantitative estimate of drug-likeness (QED) is 0.795. The van der Waals surface area contributed by atoms with Crippen molar-refractivity contribution in [1.82, 2.24) is 9.78 Å². The lowest BCUT2D eigenvalue weighted by Gasteiger charge is -2.09. The second kappa shape index (κ2) is 7.47. The number of nitrogens with one attached hydrogen (secondary N) is 1. The molecule has 5 nitrogen and oxygen atoms in total. The summed E-state index contributed by atoms with van der Waals surface area (Å²) in [7, 11) is 0. The summed E-state index contributed by atoms with van der Waals surface area (Å²) in [5.41, 5.74) is 2.67. The average Bonchev–Trinajstić information content (AvgIpc) is 2.98. The van der Waals surface area contributed by atoms with Crippen LogP contribution in [0.15, 0.2) is 36.5 Å². The number of benzene rings is 1. The number of carbonyl (C=O) groups excluding carboxylic acids is 1. The van der Waals surface area contributed by atoms with E-state index in [1.165, 1.54) is 0 Å². The van der Waals surface area contributed by atoms with Gasteiger partial charge in [-0.15, -0.1) is 0 Å². The van der Waals surface area contributed by atoms with Crippen molar-refractivity contribution in [3.05, 3.63) is 47.8 Å². The van der Waals surface area contributed by atoms with Crippen LogP contribution in [0.25, 0.3) is 0 Å². The molecule has 0 aliphatic heterocycles. The lowest BCUT2D eigenvalue weighted by atomic mass is 10.2. The van der Waals surface area contributed by atoms with Crippen molar-refractivity contribution in [2.45, 2.75) is 33.4 Å². The fraction of sp³-hybridized carbons (Fsp3) is 0.375. The van der Waals surface area contributed by atoms with E-state index in [2.05, 4.69) is 17.3 Å². The minimum Gasteiger partial charge on any atom is -0.462 e. The molecule has 1 N–H and O–H groups in total. The van der Waals surface area contributed by atoms with Gasteiger partial charge < -0.3 is 10.1 Å². The van der Waals surface area contributed by atoms with Crippen molar-refractivity contribution in [3.63, 3.8) is 0 Å². The largest absolute Gasteiger partial charge is 0.462 e. The summed E-state index contributed by atoms with van der Waals surface area (Å²) in [5, 5.41) is 7.55. The molecular weight excluding hydrogens is 266 g/mol. The van der Waals surface area contributed by atoms with Crippen LogP contribution in [-0.2, 0) is 17.8 Å². The van der Waals surface area contributed by atoms with Crippen molar-refractivity contribution >= 4 is 11.7 Å². The number of hydrogen-bond donors (Lipinski definition) is 1. The highest BCUT2D eigenvalue weighted by Gasteiger charge is 2.06. The highest BCUT2D eigenvalue weighted by atomic mass is 16.5. The average molecular weight is 287 g/mol. The number of anilines is 1. The van der Waals surface area contributed by atoms with Gasteiger partial charge in [0.15, 0.2) is 0 Å². The lowest BCUT2D eigenvalue weighted by Crippen LogP contribution is -2.08. The summed E-state index contributed by atoms with van der Waals surface area (Å²) >= 11 is 0. The predicted molar refractivity (Wildman–Crippen MR) is 82.2 cm³/mol. The number of ether oxygens (including phenoxy) is 1. The highest BCUT2D eigenvalue weighted by Crippen LogP contribution is 2.12. The molecule has 2 aromatic rings. The molecule has 0 atom stereocenters. The third-order valence-electron chi connectivity index (χ3n) is 3.14. The summed E-state index contributed by atoms with van der Waals surface area (Å²) in [4.78, 5) is 11.7. The zero-order valence-corrected chi connectivity index (χ0v) is 12.5. The molecule has 0 saturated carbocycles. The van der Waals surface area contributed by atoms with E-state index in [0.717, 1.165) is 24.3 Å². The summed E-state index contributed by atoms with van der Waals surface area (Å²) < 4.78 is 7.04. The number of carbonyl (C=O) groups is 1. The molecule has 0 spiro atoms. The minimum atomic E-state index is -0.271. The van der Waals surface area contributed by atoms with Gasteiger partial charge >= 0.3 is 5.97 Å². The van der Waals surface area contributed by atoms with Crippen LogP contribution in [0.3, 0.4) is 0 Å². The number of rotatable bonds is 7. The van der Waals surface area contributed by atoms with Crippen molar-refractivity contribution < 1.29 is 9.53 Å². The van der Waals surface area contributed by atoms with Gasteiger partial charge in [0, 0.05) is 18.4 Å². The third-order valence-corrected chi connectivity index (χ3v) is 3.14. The van der Waals surface area contributed by atoms with Crippen LogP contribution in [0.1, 0.15) is 36.3 Å². The van der Waals surface area contributed by atoms with E-state index in [4.69, 9.17) is 4.74 Å².